The topological polar surface area (TPSA) is 70.6 Å². The molecule has 1 aliphatic rings. The van der Waals surface area contributed by atoms with Crippen LogP contribution in [-0.2, 0) is 9.59 Å². The van der Waals surface area contributed by atoms with Crippen LogP contribution >= 0.6 is 11.6 Å². The molecule has 18 heavy (non-hydrogen) atoms. The Balaban J connectivity index is 1.82. The van der Waals surface area contributed by atoms with Crippen LogP contribution in [-0.4, -0.2) is 24.1 Å². The first-order valence-corrected chi connectivity index (χ1v) is 5.92. The van der Waals surface area contributed by atoms with E-state index in [1.165, 1.54) is 6.21 Å². The number of carbonyl (C=O) groups is 2. The maximum absolute atomic E-state index is 11.3. The molecule has 1 aliphatic carbocycles. The van der Waals surface area contributed by atoms with Crippen LogP contribution in [0.4, 0.5) is 0 Å². The van der Waals surface area contributed by atoms with Crippen LogP contribution in [0.15, 0.2) is 29.4 Å². The summed E-state index contributed by atoms with van der Waals surface area (Å²) in [6, 6.07) is 7.14. The Morgan fingerprint density at radius 2 is 2.11 bits per heavy atom. The highest BCUT2D eigenvalue weighted by Crippen LogP contribution is 2.18. The minimum absolute atomic E-state index is 0.153. The van der Waals surface area contributed by atoms with Crippen LogP contribution < -0.4 is 10.7 Å². The van der Waals surface area contributed by atoms with Crippen molar-refractivity contribution in [1.82, 2.24) is 10.7 Å². The highest BCUT2D eigenvalue weighted by molar-refractivity contribution is 6.35. The molecule has 0 aromatic heterocycles. The van der Waals surface area contributed by atoms with Crippen molar-refractivity contribution >= 4 is 29.6 Å². The van der Waals surface area contributed by atoms with Crippen molar-refractivity contribution in [3.63, 3.8) is 0 Å². The SMILES string of the molecule is O=C(N/N=C\c1cccc(Cl)c1)C(=O)NC1CC1. The van der Waals surface area contributed by atoms with E-state index in [1.54, 1.807) is 24.3 Å². The maximum atomic E-state index is 11.3. The summed E-state index contributed by atoms with van der Waals surface area (Å²) < 4.78 is 0. The van der Waals surface area contributed by atoms with Gasteiger partial charge in [-0.1, -0.05) is 23.7 Å². The van der Waals surface area contributed by atoms with Crippen molar-refractivity contribution in [2.75, 3.05) is 0 Å². The van der Waals surface area contributed by atoms with Crippen LogP contribution in [0, 0.1) is 0 Å². The Labute approximate surface area is 109 Å². The lowest BCUT2D eigenvalue weighted by Crippen LogP contribution is -2.38. The van der Waals surface area contributed by atoms with Gasteiger partial charge in [0.15, 0.2) is 0 Å². The van der Waals surface area contributed by atoms with E-state index >= 15 is 0 Å². The predicted octanol–water partition coefficient (Wildman–Crippen LogP) is 1.07. The average Bonchev–Trinajstić information content (AvgIpc) is 3.13. The molecule has 0 radical (unpaired) electrons. The quantitative estimate of drug-likeness (QED) is 0.488. The molecule has 0 atom stereocenters. The minimum Gasteiger partial charge on any atom is -0.345 e. The molecule has 1 aromatic carbocycles. The molecular formula is C12H12ClN3O2. The molecule has 0 heterocycles. The molecule has 2 rings (SSSR count). The van der Waals surface area contributed by atoms with E-state index < -0.39 is 11.8 Å². The predicted molar refractivity (Wildman–Crippen MR) is 68.4 cm³/mol. The fourth-order valence-corrected chi connectivity index (χ4v) is 1.48. The number of nitrogens with one attached hydrogen (secondary N) is 2. The summed E-state index contributed by atoms with van der Waals surface area (Å²) in [6.07, 6.45) is 3.30. The van der Waals surface area contributed by atoms with Gasteiger partial charge in [-0.2, -0.15) is 5.10 Å². The zero-order valence-electron chi connectivity index (χ0n) is 9.52. The Bertz CT molecular complexity index is 498. The molecule has 0 bridgehead atoms. The second kappa shape index (κ2) is 5.64. The molecule has 2 N–H and O–H groups in total. The van der Waals surface area contributed by atoms with Gasteiger partial charge in [0, 0.05) is 11.1 Å². The summed E-state index contributed by atoms with van der Waals surface area (Å²) in [7, 11) is 0. The van der Waals surface area contributed by atoms with Crippen LogP contribution in [0.25, 0.3) is 0 Å². The van der Waals surface area contributed by atoms with E-state index in [1.807, 2.05) is 0 Å². The molecule has 0 spiro atoms. The second-order valence-electron chi connectivity index (χ2n) is 4.00. The molecule has 1 saturated carbocycles. The second-order valence-corrected chi connectivity index (χ2v) is 4.44. The van der Waals surface area contributed by atoms with Crippen molar-refractivity contribution in [2.45, 2.75) is 18.9 Å². The van der Waals surface area contributed by atoms with Crippen molar-refractivity contribution in [1.29, 1.82) is 0 Å². The first-order valence-electron chi connectivity index (χ1n) is 5.54. The standard InChI is InChI=1S/C12H12ClN3O2/c13-9-3-1-2-8(6-9)7-14-16-12(18)11(17)15-10-4-5-10/h1-3,6-7,10H,4-5H2,(H,15,17)(H,16,18)/b14-7-. The Hall–Kier alpha value is -1.88. The molecule has 2 amide bonds. The molecule has 0 unspecified atom stereocenters. The molecule has 0 saturated heterocycles. The van der Waals surface area contributed by atoms with E-state index in [2.05, 4.69) is 15.8 Å². The summed E-state index contributed by atoms with van der Waals surface area (Å²) in [5.74, 6) is -1.42. The van der Waals surface area contributed by atoms with E-state index in [4.69, 9.17) is 11.6 Å². The smallest absolute Gasteiger partial charge is 0.329 e. The monoisotopic (exact) mass is 265 g/mol. The first kappa shape index (κ1) is 12.6. The third-order valence-corrected chi connectivity index (χ3v) is 2.58. The number of rotatable bonds is 3. The van der Waals surface area contributed by atoms with E-state index in [-0.39, 0.29) is 6.04 Å². The summed E-state index contributed by atoms with van der Waals surface area (Å²) in [4.78, 5) is 22.6. The first-order chi connectivity index (χ1) is 8.65. The Morgan fingerprint density at radius 3 is 2.78 bits per heavy atom. The largest absolute Gasteiger partial charge is 0.345 e. The van der Waals surface area contributed by atoms with Gasteiger partial charge in [0.2, 0.25) is 0 Å². The third kappa shape index (κ3) is 3.85. The van der Waals surface area contributed by atoms with Crippen LogP contribution in [0.3, 0.4) is 0 Å². The lowest BCUT2D eigenvalue weighted by atomic mass is 10.2. The molecule has 1 fully saturated rings. The van der Waals surface area contributed by atoms with Gasteiger partial charge in [0.1, 0.15) is 0 Å². The van der Waals surface area contributed by atoms with Gasteiger partial charge in [-0.05, 0) is 30.5 Å². The molecule has 0 aliphatic heterocycles. The highest BCUT2D eigenvalue weighted by atomic mass is 35.5. The summed E-state index contributed by atoms with van der Waals surface area (Å²) in [5.41, 5.74) is 2.90. The number of carbonyl (C=O) groups excluding carboxylic acids is 2. The minimum atomic E-state index is -0.764. The van der Waals surface area contributed by atoms with E-state index in [0.29, 0.717) is 5.02 Å². The number of hydrogen-bond acceptors (Lipinski definition) is 3. The van der Waals surface area contributed by atoms with Crippen molar-refractivity contribution in [3.05, 3.63) is 34.9 Å². The number of amides is 2. The van der Waals surface area contributed by atoms with Crippen LogP contribution in [0.5, 0.6) is 0 Å². The van der Waals surface area contributed by atoms with Gasteiger partial charge in [-0.25, -0.2) is 5.43 Å². The summed E-state index contributed by atoms with van der Waals surface area (Å²) in [6.45, 7) is 0. The molecular weight excluding hydrogens is 254 g/mol. The number of hydrazone groups is 1. The fourth-order valence-electron chi connectivity index (χ4n) is 1.28. The summed E-state index contributed by atoms with van der Waals surface area (Å²) >= 11 is 5.79. The number of hydrogen-bond donors (Lipinski definition) is 2. The zero-order valence-corrected chi connectivity index (χ0v) is 10.3. The van der Waals surface area contributed by atoms with Crippen molar-refractivity contribution < 1.29 is 9.59 Å². The maximum Gasteiger partial charge on any atom is 0.329 e. The highest BCUT2D eigenvalue weighted by Gasteiger charge is 2.26. The number of nitrogens with zero attached hydrogens (tertiary/aromatic N) is 1. The third-order valence-electron chi connectivity index (χ3n) is 2.35. The molecule has 5 nitrogen and oxygen atoms in total. The van der Waals surface area contributed by atoms with Gasteiger partial charge in [-0.15, -0.1) is 0 Å². The molecule has 1 aromatic rings. The van der Waals surface area contributed by atoms with Gasteiger partial charge >= 0.3 is 11.8 Å². The summed E-state index contributed by atoms with van der Waals surface area (Å²) in [5, 5.41) is 6.83. The van der Waals surface area contributed by atoms with Gasteiger partial charge in [0.05, 0.1) is 6.21 Å². The average molecular weight is 266 g/mol. The molecule has 94 valence electrons. The lowest BCUT2D eigenvalue weighted by molar-refractivity contribution is -0.139. The Morgan fingerprint density at radius 1 is 1.33 bits per heavy atom. The van der Waals surface area contributed by atoms with Crippen molar-refractivity contribution in [3.8, 4) is 0 Å². The van der Waals surface area contributed by atoms with Crippen molar-refractivity contribution in [2.24, 2.45) is 5.10 Å². The number of benzene rings is 1. The zero-order chi connectivity index (χ0) is 13.0. The molecule has 6 heteroatoms. The number of halogens is 1. The van der Waals surface area contributed by atoms with Crippen LogP contribution in [0.2, 0.25) is 5.02 Å². The fraction of sp³-hybridized carbons (Fsp3) is 0.250. The van der Waals surface area contributed by atoms with Crippen LogP contribution in [0.1, 0.15) is 18.4 Å². The van der Waals surface area contributed by atoms with Gasteiger partial charge in [0.25, 0.3) is 0 Å². The van der Waals surface area contributed by atoms with E-state index in [0.717, 1.165) is 18.4 Å². The van der Waals surface area contributed by atoms with Gasteiger partial charge < -0.3 is 5.32 Å². The van der Waals surface area contributed by atoms with E-state index in [9.17, 15) is 9.59 Å². The van der Waals surface area contributed by atoms with Gasteiger partial charge in [-0.3, -0.25) is 9.59 Å². The Kier molecular flexibility index (Phi) is 3.94. The lowest BCUT2D eigenvalue weighted by Gasteiger charge is -2.00. The normalized spacial score (nSPS) is 14.5.